The van der Waals surface area contributed by atoms with Crippen molar-refractivity contribution in [3.63, 3.8) is 0 Å². The molecular formula is C46H31N5O. The van der Waals surface area contributed by atoms with E-state index >= 15 is 0 Å². The van der Waals surface area contributed by atoms with Gasteiger partial charge in [0.25, 0.3) is 0 Å². The van der Waals surface area contributed by atoms with Gasteiger partial charge in [0, 0.05) is 39.6 Å². The van der Waals surface area contributed by atoms with Gasteiger partial charge in [0.15, 0.2) is 23.1 Å². The van der Waals surface area contributed by atoms with Crippen molar-refractivity contribution in [1.82, 2.24) is 19.9 Å². The van der Waals surface area contributed by atoms with Gasteiger partial charge in [0.2, 0.25) is 5.89 Å². The maximum Gasteiger partial charge on any atom is 0.227 e. The monoisotopic (exact) mass is 669 g/mol. The van der Waals surface area contributed by atoms with Crippen molar-refractivity contribution in [2.45, 2.75) is 6.42 Å². The number of hydrogen-bond acceptors (Lipinski definition) is 6. The lowest BCUT2D eigenvalue weighted by molar-refractivity contribution is 0.622. The molecule has 0 saturated heterocycles. The zero-order valence-corrected chi connectivity index (χ0v) is 28.1. The first-order valence-corrected chi connectivity index (χ1v) is 16.9. The first kappa shape index (κ1) is 32.0. The molecule has 8 rings (SSSR count). The van der Waals surface area contributed by atoms with Gasteiger partial charge < -0.3 is 4.42 Å². The number of hydrogen-bond donors (Lipinski definition) is 0. The number of rotatable bonds is 9. The smallest absolute Gasteiger partial charge is 0.227 e. The Balaban J connectivity index is 1.11. The fourth-order valence-electron chi connectivity index (χ4n) is 6.26. The summed E-state index contributed by atoms with van der Waals surface area (Å²) in [5.41, 5.74) is 8.35. The van der Waals surface area contributed by atoms with E-state index in [9.17, 15) is 5.26 Å². The lowest BCUT2D eigenvalue weighted by atomic mass is 9.98. The Labute approximate surface area is 301 Å². The molecule has 2 aromatic heterocycles. The molecule has 6 nitrogen and oxygen atoms in total. The van der Waals surface area contributed by atoms with Gasteiger partial charge in [-0.05, 0) is 46.4 Å². The molecule has 0 spiro atoms. The van der Waals surface area contributed by atoms with E-state index in [0.29, 0.717) is 35.4 Å². The minimum absolute atomic E-state index is 0.424. The molecule has 0 N–H and O–H groups in total. The Bertz CT molecular complexity index is 2630. The normalized spacial score (nSPS) is 11.8. The molecule has 246 valence electrons. The third kappa shape index (κ3) is 6.55. The van der Waals surface area contributed by atoms with E-state index in [0.717, 1.165) is 60.8 Å². The number of allylic oxidation sites excluding steroid dienone is 5. The summed E-state index contributed by atoms with van der Waals surface area (Å²) in [5.74, 6) is 2.29. The number of nitrogens with zero attached hydrogens (tertiary/aromatic N) is 5. The number of nitriles is 1. The average Bonchev–Trinajstić information content (AvgIpc) is 3.66. The molecule has 0 aliphatic carbocycles. The van der Waals surface area contributed by atoms with Gasteiger partial charge in [0.1, 0.15) is 5.52 Å². The minimum atomic E-state index is 0.424. The van der Waals surface area contributed by atoms with Gasteiger partial charge in [-0.3, -0.25) is 0 Å². The molecule has 0 unspecified atom stereocenters. The van der Waals surface area contributed by atoms with Crippen LogP contribution in [0.15, 0.2) is 180 Å². The van der Waals surface area contributed by atoms with Crippen molar-refractivity contribution in [1.29, 1.82) is 5.26 Å². The van der Waals surface area contributed by atoms with E-state index in [4.69, 9.17) is 24.4 Å². The summed E-state index contributed by atoms with van der Waals surface area (Å²) in [4.78, 5) is 19.4. The van der Waals surface area contributed by atoms with Gasteiger partial charge in [-0.25, -0.2) is 19.9 Å². The standard InChI is InChI=1S/C46H31N5O/c1-2-33(38-21-11-12-23-40(38)46-48-41-27-26-34-15-9-10-22-39(34)42(41)52-46)25-24-32(30-47)28-31-14-13-20-37(29-31)45-50-43(35-16-5-3-6-17-35)49-44(51-45)36-18-7-4-8-19-36/h2-27,29H,1,28H2/b32-24+,33-25+. The molecule has 0 fully saturated rings. The zero-order chi connectivity index (χ0) is 35.3. The minimum Gasteiger partial charge on any atom is -0.435 e. The highest BCUT2D eigenvalue weighted by atomic mass is 16.3. The maximum atomic E-state index is 10.2. The second kappa shape index (κ2) is 14.3. The molecule has 6 aromatic carbocycles. The van der Waals surface area contributed by atoms with Crippen LogP contribution < -0.4 is 0 Å². The number of oxazole rings is 1. The van der Waals surface area contributed by atoms with Crippen LogP contribution in [-0.4, -0.2) is 19.9 Å². The predicted octanol–water partition coefficient (Wildman–Crippen LogP) is 11.1. The van der Waals surface area contributed by atoms with Gasteiger partial charge in [0.05, 0.1) is 6.07 Å². The first-order valence-electron chi connectivity index (χ1n) is 16.9. The quantitative estimate of drug-likeness (QED) is 0.112. The van der Waals surface area contributed by atoms with E-state index in [1.807, 2.05) is 146 Å². The van der Waals surface area contributed by atoms with Crippen LogP contribution in [0.5, 0.6) is 0 Å². The van der Waals surface area contributed by atoms with Crippen LogP contribution in [0, 0.1) is 11.3 Å². The van der Waals surface area contributed by atoms with Crippen molar-refractivity contribution in [3.8, 4) is 51.7 Å². The zero-order valence-electron chi connectivity index (χ0n) is 28.1. The van der Waals surface area contributed by atoms with Crippen LogP contribution in [0.4, 0.5) is 0 Å². The largest absolute Gasteiger partial charge is 0.435 e. The number of aromatic nitrogens is 4. The Kier molecular flexibility index (Phi) is 8.81. The molecule has 0 aliphatic rings. The molecule has 0 atom stereocenters. The topological polar surface area (TPSA) is 88.5 Å². The predicted molar refractivity (Wildman–Crippen MR) is 209 cm³/mol. The lowest BCUT2D eigenvalue weighted by Gasteiger charge is -2.09. The van der Waals surface area contributed by atoms with Crippen LogP contribution in [0.1, 0.15) is 11.1 Å². The number of benzene rings is 6. The molecule has 0 radical (unpaired) electrons. The fraction of sp³-hybridized carbons (Fsp3) is 0.0217. The second-order valence-corrected chi connectivity index (χ2v) is 12.2. The van der Waals surface area contributed by atoms with Crippen LogP contribution >= 0.6 is 0 Å². The van der Waals surface area contributed by atoms with Gasteiger partial charge in [-0.2, -0.15) is 5.26 Å². The number of fused-ring (bicyclic) bond motifs is 3. The molecule has 0 saturated carbocycles. The van der Waals surface area contributed by atoms with E-state index in [1.54, 1.807) is 6.08 Å². The van der Waals surface area contributed by atoms with Gasteiger partial charge in [-0.15, -0.1) is 0 Å². The van der Waals surface area contributed by atoms with Crippen molar-refractivity contribution in [2.24, 2.45) is 0 Å². The van der Waals surface area contributed by atoms with Gasteiger partial charge >= 0.3 is 0 Å². The Morgan fingerprint density at radius 1 is 0.635 bits per heavy atom. The van der Waals surface area contributed by atoms with Crippen molar-refractivity contribution in [2.75, 3.05) is 0 Å². The summed E-state index contributed by atoms with van der Waals surface area (Å²) in [6.07, 6.45) is 5.99. The molecule has 2 heterocycles. The summed E-state index contributed by atoms with van der Waals surface area (Å²) < 4.78 is 6.39. The Hall–Kier alpha value is -7.23. The fourth-order valence-corrected chi connectivity index (χ4v) is 6.26. The Morgan fingerprint density at radius 3 is 1.98 bits per heavy atom. The summed E-state index contributed by atoms with van der Waals surface area (Å²) in [6.45, 7) is 4.10. The maximum absolute atomic E-state index is 10.2. The van der Waals surface area contributed by atoms with Crippen molar-refractivity contribution >= 4 is 27.4 Å². The van der Waals surface area contributed by atoms with E-state index < -0.39 is 0 Å². The lowest BCUT2D eigenvalue weighted by Crippen LogP contribution is -2.00. The molecule has 0 amide bonds. The molecule has 52 heavy (non-hydrogen) atoms. The summed E-state index contributed by atoms with van der Waals surface area (Å²) in [7, 11) is 0. The highest BCUT2D eigenvalue weighted by molar-refractivity contribution is 6.03. The Morgan fingerprint density at radius 2 is 1.27 bits per heavy atom. The van der Waals surface area contributed by atoms with Crippen LogP contribution in [-0.2, 0) is 6.42 Å². The van der Waals surface area contributed by atoms with E-state index in [2.05, 4.69) is 24.8 Å². The third-order valence-electron chi connectivity index (χ3n) is 8.85. The van der Waals surface area contributed by atoms with Crippen LogP contribution in [0.25, 0.3) is 73.1 Å². The van der Waals surface area contributed by atoms with Crippen molar-refractivity contribution < 1.29 is 4.42 Å². The summed E-state index contributed by atoms with van der Waals surface area (Å²) in [6, 6.07) is 50.3. The van der Waals surface area contributed by atoms with Gasteiger partial charge in [-0.1, -0.05) is 146 Å². The highest BCUT2D eigenvalue weighted by Gasteiger charge is 2.16. The highest BCUT2D eigenvalue weighted by Crippen LogP contribution is 2.34. The molecule has 0 bridgehead atoms. The average molecular weight is 670 g/mol. The summed E-state index contributed by atoms with van der Waals surface area (Å²) >= 11 is 0. The third-order valence-corrected chi connectivity index (χ3v) is 8.85. The van der Waals surface area contributed by atoms with Crippen LogP contribution in [0.3, 0.4) is 0 Å². The molecular weight excluding hydrogens is 639 g/mol. The summed E-state index contributed by atoms with van der Waals surface area (Å²) in [5, 5.41) is 12.3. The second-order valence-electron chi connectivity index (χ2n) is 12.2. The SMILES string of the molecule is C=C/C(=C\C=C(\C#N)Cc1cccc(-c2nc(-c3ccccc3)nc(-c3ccccc3)n2)c1)c1ccccc1-c1nc2ccc3ccccc3c2o1. The van der Waals surface area contributed by atoms with Crippen LogP contribution in [0.2, 0.25) is 0 Å². The van der Waals surface area contributed by atoms with E-state index in [-0.39, 0.29) is 0 Å². The molecule has 6 heteroatoms. The molecule has 0 aliphatic heterocycles. The molecule has 8 aromatic rings. The van der Waals surface area contributed by atoms with E-state index in [1.165, 1.54) is 0 Å². The van der Waals surface area contributed by atoms with Crippen molar-refractivity contribution in [3.05, 3.63) is 187 Å². The first-order chi connectivity index (χ1) is 25.7.